The lowest BCUT2D eigenvalue weighted by molar-refractivity contribution is 0.588. The summed E-state index contributed by atoms with van der Waals surface area (Å²) in [7, 11) is -2.43. The average molecular weight is 298 g/mol. The summed E-state index contributed by atoms with van der Waals surface area (Å²) in [5.41, 5.74) is 0.153. The Hall–Kier alpha value is -1.58. The summed E-state index contributed by atoms with van der Waals surface area (Å²) >= 11 is 5.95. The molecule has 1 heterocycles. The van der Waals surface area contributed by atoms with Crippen LogP contribution in [0.2, 0.25) is 5.02 Å². The number of H-pyrrole nitrogens is 1. The first kappa shape index (κ1) is 13.8. The molecule has 2 N–H and O–H groups in total. The number of hydrogen-bond donors (Lipinski definition) is 2. The van der Waals surface area contributed by atoms with E-state index in [9.17, 15) is 9.36 Å². The molecular weight excluding hydrogens is 285 g/mol. The fourth-order valence-corrected chi connectivity index (χ4v) is 2.95. The molecule has 0 saturated heterocycles. The van der Waals surface area contributed by atoms with Crippen LogP contribution >= 0.6 is 18.7 Å². The zero-order valence-corrected chi connectivity index (χ0v) is 12.1. The van der Waals surface area contributed by atoms with Crippen LogP contribution < -0.4 is 16.3 Å². The van der Waals surface area contributed by atoms with Gasteiger partial charge in [-0.2, -0.15) is 0 Å². The number of benzene rings is 1. The van der Waals surface area contributed by atoms with Gasteiger partial charge in [0.25, 0.3) is 0 Å². The largest absolute Gasteiger partial charge is 0.346 e. The van der Waals surface area contributed by atoms with Crippen LogP contribution in [0.4, 0.5) is 11.5 Å². The van der Waals surface area contributed by atoms with Crippen LogP contribution in [0.5, 0.6) is 0 Å². The van der Waals surface area contributed by atoms with Crippen molar-refractivity contribution in [2.75, 3.05) is 18.6 Å². The van der Waals surface area contributed by atoms with Gasteiger partial charge < -0.3 is 9.88 Å². The minimum absolute atomic E-state index is 0.288. The zero-order chi connectivity index (χ0) is 14.0. The van der Waals surface area contributed by atoms with E-state index in [-0.39, 0.29) is 5.02 Å². The normalized spacial score (nSPS) is 11.3. The molecule has 0 unspecified atom stereocenters. The Morgan fingerprint density at radius 1 is 1.32 bits per heavy atom. The van der Waals surface area contributed by atoms with E-state index in [0.29, 0.717) is 16.8 Å². The molecular formula is C12H13ClN3O2P. The predicted octanol–water partition coefficient (Wildman–Crippen LogP) is 2.41. The second-order valence-electron chi connectivity index (χ2n) is 4.40. The highest BCUT2D eigenvalue weighted by atomic mass is 35.5. The van der Waals surface area contributed by atoms with Crippen LogP contribution in [0.25, 0.3) is 0 Å². The van der Waals surface area contributed by atoms with Crippen molar-refractivity contribution in [3.8, 4) is 0 Å². The molecule has 1 aromatic heterocycles. The molecule has 0 radical (unpaired) electrons. The maximum Gasteiger partial charge on any atom is 0.346 e. The number of hydrogen-bond acceptors (Lipinski definition) is 4. The number of halogens is 1. The van der Waals surface area contributed by atoms with E-state index < -0.39 is 12.8 Å². The van der Waals surface area contributed by atoms with Gasteiger partial charge in [-0.3, -0.25) is 4.98 Å². The summed E-state index contributed by atoms with van der Waals surface area (Å²) in [5.74, 6) is 0.336. The summed E-state index contributed by atoms with van der Waals surface area (Å²) in [6, 6.07) is 7.20. The second-order valence-corrected chi connectivity index (χ2v) is 8.00. The fourth-order valence-electron chi connectivity index (χ4n) is 1.65. The highest BCUT2D eigenvalue weighted by Gasteiger charge is 2.16. The van der Waals surface area contributed by atoms with Crippen molar-refractivity contribution in [2.24, 2.45) is 0 Å². The van der Waals surface area contributed by atoms with Crippen LogP contribution in [-0.4, -0.2) is 23.3 Å². The number of anilines is 2. The number of aromatic nitrogens is 2. The molecule has 0 fully saturated rings. The van der Waals surface area contributed by atoms with Crippen molar-refractivity contribution in [1.82, 2.24) is 9.97 Å². The average Bonchev–Trinajstić information content (AvgIpc) is 2.33. The fraction of sp³-hybridized carbons (Fsp3) is 0.167. The molecule has 0 spiro atoms. The Labute approximate surface area is 115 Å². The van der Waals surface area contributed by atoms with Gasteiger partial charge in [-0.05, 0) is 25.5 Å². The number of para-hydroxylation sites is 1. The van der Waals surface area contributed by atoms with E-state index in [1.165, 1.54) is 6.20 Å². The van der Waals surface area contributed by atoms with Crippen LogP contribution in [0.3, 0.4) is 0 Å². The molecule has 7 heteroatoms. The van der Waals surface area contributed by atoms with Crippen molar-refractivity contribution in [3.05, 3.63) is 46.0 Å². The van der Waals surface area contributed by atoms with E-state index >= 15 is 0 Å². The molecule has 0 aliphatic heterocycles. The van der Waals surface area contributed by atoms with E-state index in [2.05, 4.69) is 15.3 Å². The SMILES string of the molecule is CP(C)(=O)c1ccccc1Nc1[nH]c(=O)ncc1Cl. The van der Waals surface area contributed by atoms with Gasteiger partial charge in [-0.1, -0.05) is 23.7 Å². The van der Waals surface area contributed by atoms with E-state index in [1.54, 1.807) is 25.5 Å². The van der Waals surface area contributed by atoms with Crippen LogP contribution in [-0.2, 0) is 4.57 Å². The Balaban J connectivity index is 2.47. The quantitative estimate of drug-likeness (QED) is 0.853. The standard InChI is InChI=1S/C12H13ClN3O2P/c1-19(2,18)10-6-4-3-5-9(10)15-11-8(13)7-14-12(17)16-11/h3-7H,1-2H3,(H2,14,15,16,17). The lowest BCUT2D eigenvalue weighted by Crippen LogP contribution is -2.15. The lowest BCUT2D eigenvalue weighted by atomic mass is 10.3. The van der Waals surface area contributed by atoms with Gasteiger partial charge in [-0.15, -0.1) is 0 Å². The molecule has 0 aliphatic carbocycles. The Bertz CT molecular complexity index is 708. The zero-order valence-electron chi connectivity index (χ0n) is 10.5. The summed E-state index contributed by atoms with van der Waals surface area (Å²) in [6.07, 6.45) is 1.27. The molecule has 0 saturated carbocycles. The molecule has 100 valence electrons. The van der Waals surface area contributed by atoms with Crippen molar-refractivity contribution >= 4 is 35.6 Å². The summed E-state index contributed by atoms with van der Waals surface area (Å²) in [6.45, 7) is 3.37. The minimum Gasteiger partial charge on any atom is -0.340 e. The Morgan fingerprint density at radius 2 is 2.00 bits per heavy atom. The maximum absolute atomic E-state index is 12.2. The summed E-state index contributed by atoms with van der Waals surface area (Å²) < 4.78 is 12.2. The number of nitrogens with zero attached hydrogens (tertiary/aromatic N) is 1. The number of nitrogens with one attached hydrogen (secondary N) is 2. The van der Waals surface area contributed by atoms with Crippen LogP contribution in [0.1, 0.15) is 0 Å². The van der Waals surface area contributed by atoms with Crippen molar-refractivity contribution < 1.29 is 4.57 Å². The molecule has 5 nitrogen and oxygen atoms in total. The lowest BCUT2D eigenvalue weighted by Gasteiger charge is -2.15. The smallest absolute Gasteiger partial charge is 0.340 e. The highest BCUT2D eigenvalue weighted by molar-refractivity contribution is 7.70. The molecule has 19 heavy (non-hydrogen) atoms. The van der Waals surface area contributed by atoms with Crippen molar-refractivity contribution in [2.45, 2.75) is 0 Å². The van der Waals surface area contributed by atoms with Gasteiger partial charge in [0.2, 0.25) is 0 Å². The molecule has 2 aromatic rings. The predicted molar refractivity (Wildman–Crippen MR) is 78.7 cm³/mol. The van der Waals surface area contributed by atoms with Gasteiger partial charge in [-0.25, -0.2) is 9.78 Å². The van der Waals surface area contributed by atoms with Gasteiger partial charge in [0.1, 0.15) is 13.0 Å². The molecule has 0 bridgehead atoms. The molecule has 0 aliphatic rings. The Kier molecular flexibility index (Phi) is 3.78. The van der Waals surface area contributed by atoms with E-state index in [0.717, 1.165) is 0 Å². The van der Waals surface area contributed by atoms with Crippen molar-refractivity contribution in [3.63, 3.8) is 0 Å². The first-order chi connectivity index (χ1) is 8.88. The summed E-state index contributed by atoms with van der Waals surface area (Å²) in [4.78, 5) is 17.2. The van der Waals surface area contributed by atoms with Gasteiger partial charge in [0.05, 0.1) is 16.9 Å². The van der Waals surface area contributed by atoms with Gasteiger partial charge in [0.15, 0.2) is 0 Å². The second kappa shape index (κ2) is 5.19. The van der Waals surface area contributed by atoms with Crippen molar-refractivity contribution in [1.29, 1.82) is 0 Å². The summed E-state index contributed by atoms with van der Waals surface area (Å²) in [5, 5.41) is 3.97. The molecule has 2 rings (SSSR count). The molecule has 1 aromatic carbocycles. The monoisotopic (exact) mass is 297 g/mol. The first-order valence-corrected chi connectivity index (χ1v) is 8.52. The molecule has 0 amide bonds. The highest BCUT2D eigenvalue weighted by Crippen LogP contribution is 2.38. The van der Waals surface area contributed by atoms with Crippen LogP contribution in [0.15, 0.2) is 35.3 Å². The Morgan fingerprint density at radius 3 is 2.68 bits per heavy atom. The van der Waals surface area contributed by atoms with Gasteiger partial charge >= 0.3 is 5.69 Å². The topological polar surface area (TPSA) is 74.8 Å². The third kappa shape index (κ3) is 3.25. The molecule has 0 atom stereocenters. The third-order valence-electron chi connectivity index (χ3n) is 2.51. The van der Waals surface area contributed by atoms with E-state index in [1.807, 2.05) is 12.1 Å². The van der Waals surface area contributed by atoms with Gasteiger partial charge in [0, 0.05) is 5.30 Å². The first-order valence-electron chi connectivity index (χ1n) is 5.54. The maximum atomic E-state index is 12.2. The van der Waals surface area contributed by atoms with Crippen LogP contribution in [0, 0.1) is 0 Å². The number of aromatic amines is 1. The van der Waals surface area contributed by atoms with E-state index in [4.69, 9.17) is 11.6 Å². The number of rotatable bonds is 3. The third-order valence-corrected chi connectivity index (χ3v) is 4.35. The minimum atomic E-state index is -2.43.